The molecule has 33 heteroatoms. The van der Waals surface area contributed by atoms with Crippen LogP contribution in [0.5, 0.6) is 0 Å². The van der Waals surface area contributed by atoms with Gasteiger partial charge in [0.25, 0.3) is 0 Å². The lowest BCUT2D eigenvalue weighted by molar-refractivity contribution is -0.870. The van der Waals surface area contributed by atoms with E-state index in [0.717, 1.165) is 47.0 Å². The molecule has 6 N–H and O–H groups in total. The molecule has 0 saturated heterocycles. The molecule has 0 aliphatic heterocycles. The Hall–Kier alpha value is -1.45. The molecule has 0 spiro atoms. The van der Waals surface area contributed by atoms with Crippen LogP contribution in [0.25, 0.3) is 0 Å². The summed E-state index contributed by atoms with van der Waals surface area (Å²) in [7, 11) is -11.6. The van der Waals surface area contributed by atoms with E-state index >= 15 is 0 Å². The predicted octanol–water partition coefficient (Wildman–Crippen LogP) is 7.04. The fourth-order valence-electron chi connectivity index (χ4n) is 9.01. The molecule has 2 atom stereocenters. The molecule has 2 unspecified atom stereocenters. The molecule has 0 aliphatic rings. The van der Waals surface area contributed by atoms with E-state index in [1.54, 1.807) is 0 Å². The molecule has 0 radical (unpaired) electrons. The maximum Gasteiger partial charge on any atom is 0.407 e. The quantitative estimate of drug-likeness (QED) is 0.0155. The predicted molar refractivity (Wildman–Crippen MR) is 329 cm³/mol. The van der Waals surface area contributed by atoms with Gasteiger partial charge in [-0.15, -0.1) is 0 Å². The minimum absolute atomic E-state index is 0.297. The van der Waals surface area contributed by atoms with Crippen molar-refractivity contribution in [2.45, 2.75) is 168 Å². The van der Waals surface area contributed by atoms with Gasteiger partial charge in [-0.2, -0.15) is 0 Å². The van der Waals surface area contributed by atoms with Crippen LogP contribution in [-0.4, -0.2) is 240 Å². The lowest BCUT2D eigenvalue weighted by Gasteiger charge is -2.44. The highest BCUT2D eigenvalue weighted by Crippen LogP contribution is 2.31. The van der Waals surface area contributed by atoms with E-state index in [9.17, 15) is 29.4 Å². The Morgan fingerprint density at radius 2 is 0.532 bits per heavy atom. The summed E-state index contributed by atoms with van der Waals surface area (Å²) in [6, 6.07) is 1.51. The lowest BCUT2D eigenvalue weighted by atomic mass is 10.4. The van der Waals surface area contributed by atoms with Crippen molar-refractivity contribution in [3.05, 3.63) is 0 Å². The largest absolute Gasteiger partial charge is 0.447 e. The van der Waals surface area contributed by atoms with Crippen LogP contribution in [0.3, 0.4) is 0 Å². The zero-order valence-electron chi connectivity index (χ0n) is 53.3. The molecule has 0 fully saturated rings. The summed E-state index contributed by atoms with van der Waals surface area (Å²) in [5, 5.41) is 31.0. The molecule has 0 aliphatic carbocycles. The van der Waals surface area contributed by atoms with Crippen LogP contribution in [-0.2, 0) is 51.9 Å². The SMILES string of the molecule is C[N+](C)(C)CCCNC(=O)OCC(O)COC(=O)NCCC[Si](C)(C)O[Si](C)(C)O[Si](C)(C)O[Si](C)(C)O[Si](C)(C)O[Si](C)(C)O[Si](C)(C)O[Si](C)(C)O[Si](C)(C)CCCNC(=O)OCC(O)COC(=O)NCCC[N+](C)(C)C. The van der Waals surface area contributed by atoms with Gasteiger partial charge in [-0.3, -0.25) is 0 Å². The molecular weight excluding hydrogens is 1180 g/mol. The average Bonchev–Trinajstić information content (AvgIpc) is 3.19. The monoisotopic (exact) mass is 1290 g/mol. The van der Waals surface area contributed by atoms with Crippen LogP contribution < -0.4 is 21.3 Å². The molecular formula is C46H112N6O18Si9+2. The van der Waals surface area contributed by atoms with Gasteiger partial charge in [0.05, 0.1) is 55.4 Å². The number of aliphatic hydroxyl groups is 2. The average molecular weight is 1290 g/mol. The van der Waals surface area contributed by atoms with Crippen molar-refractivity contribution in [1.82, 2.24) is 21.3 Å². The number of rotatable bonds is 40. The number of amides is 4. The van der Waals surface area contributed by atoms with Crippen LogP contribution in [0.2, 0.25) is 130 Å². The van der Waals surface area contributed by atoms with Crippen LogP contribution in [0.15, 0.2) is 0 Å². The molecule has 24 nitrogen and oxygen atoms in total. The summed E-state index contributed by atoms with van der Waals surface area (Å²) in [5.41, 5.74) is 0. The number of alkyl carbamates (subject to hydrolysis) is 4. The number of ether oxygens (including phenoxy) is 4. The molecule has 79 heavy (non-hydrogen) atoms. The number of hydrogen-bond acceptors (Lipinski definition) is 18. The van der Waals surface area contributed by atoms with Gasteiger partial charge in [0.1, 0.15) is 38.6 Å². The molecule has 0 aromatic carbocycles. The Bertz CT molecular complexity index is 1720. The van der Waals surface area contributed by atoms with E-state index in [2.05, 4.69) is 89.7 Å². The molecule has 0 bridgehead atoms. The summed E-state index contributed by atoms with van der Waals surface area (Å²) < 4.78 is 76.3. The summed E-state index contributed by atoms with van der Waals surface area (Å²) in [6.07, 6.45) is -2.01. The first-order chi connectivity index (χ1) is 35.4. The molecule has 4 amide bonds. The minimum Gasteiger partial charge on any atom is -0.447 e. The topological polar surface area (TPSA) is 268 Å². The first-order valence-electron chi connectivity index (χ1n) is 27.6. The Morgan fingerprint density at radius 1 is 0.342 bits per heavy atom. The van der Waals surface area contributed by atoms with Crippen molar-refractivity contribution in [1.29, 1.82) is 0 Å². The minimum atomic E-state index is -2.84. The second-order valence-corrected chi connectivity index (χ2v) is 60.7. The van der Waals surface area contributed by atoms with Crippen LogP contribution in [0.1, 0.15) is 25.7 Å². The smallest absolute Gasteiger partial charge is 0.407 e. The zero-order valence-corrected chi connectivity index (χ0v) is 62.3. The van der Waals surface area contributed by atoms with Crippen LogP contribution in [0.4, 0.5) is 19.2 Å². The van der Waals surface area contributed by atoms with Crippen molar-refractivity contribution in [2.24, 2.45) is 0 Å². The van der Waals surface area contributed by atoms with Crippen LogP contribution in [0, 0.1) is 0 Å². The first kappa shape index (κ1) is 77.6. The molecule has 0 aromatic rings. The number of carbonyl (C=O) groups excluding carboxylic acids is 4. The van der Waals surface area contributed by atoms with Gasteiger partial charge in [-0.25, -0.2) is 19.2 Å². The normalized spacial score (nSPS) is 14.5. The Labute approximate surface area is 485 Å². The third-order valence-electron chi connectivity index (χ3n) is 10.6. The number of quaternary nitrogens is 2. The third kappa shape index (κ3) is 43.8. The Morgan fingerprint density at radius 3 is 0.734 bits per heavy atom. The van der Waals surface area contributed by atoms with Gasteiger partial charge < -0.3 is 92.3 Å². The van der Waals surface area contributed by atoms with Gasteiger partial charge >= 0.3 is 84.3 Å². The van der Waals surface area contributed by atoms with E-state index in [4.69, 9.17) is 51.9 Å². The molecule has 0 aromatic heterocycles. The Balaban J connectivity index is 4.95. The van der Waals surface area contributed by atoms with Gasteiger partial charge in [0, 0.05) is 39.0 Å². The third-order valence-corrected chi connectivity index (χ3v) is 45.7. The zero-order chi connectivity index (χ0) is 61.6. The summed E-state index contributed by atoms with van der Waals surface area (Å²) in [5.74, 6) is 0. The lowest BCUT2D eigenvalue weighted by Crippen LogP contribution is -2.62. The van der Waals surface area contributed by atoms with Gasteiger partial charge in [0.15, 0.2) is 16.6 Å². The number of hydrogen-bond donors (Lipinski definition) is 6. The van der Waals surface area contributed by atoms with Crippen molar-refractivity contribution in [3.63, 3.8) is 0 Å². The number of carbonyl (C=O) groups is 4. The maximum atomic E-state index is 12.3. The molecule has 0 rings (SSSR count). The fraction of sp³-hybridized carbons (Fsp3) is 0.913. The highest BCUT2D eigenvalue weighted by molar-refractivity contribution is 6.93. The van der Waals surface area contributed by atoms with E-state index in [1.807, 2.05) is 91.7 Å². The van der Waals surface area contributed by atoms with E-state index in [-0.39, 0.29) is 26.4 Å². The number of nitrogens with one attached hydrogen (secondary N) is 4. The van der Waals surface area contributed by atoms with Gasteiger partial charge in [-0.1, -0.05) is 0 Å². The van der Waals surface area contributed by atoms with E-state index < -0.39 is 113 Å². The summed E-state index contributed by atoms with van der Waals surface area (Å²) in [4.78, 5) is 48.5. The second kappa shape index (κ2) is 33.3. The van der Waals surface area contributed by atoms with Crippen molar-refractivity contribution >= 4 is 101 Å². The van der Waals surface area contributed by atoms with E-state index in [0.29, 0.717) is 39.0 Å². The molecule has 0 heterocycles. The van der Waals surface area contributed by atoms with E-state index in [1.165, 1.54) is 0 Å². The Kier molecular flexibility index (Phi) is 32.7. The summed E-state index contributed by atoms with van der Waals surface area (Å²) >= 11 is 0. The molecule has 0 saturated carbocycles. The summed E-state index contributed by atoms with van der Waals surface area (Å²) in [6.45, 7) is 39.0. The molecule has 468 valence electrons. The van der Waals surface area contributed by atoms with Crippen LogP contribution >= 0.6 is 0 Å². The standard InChI is InChI=1S/C46H110N6O18Si9/c1-51(2,3)33-25-29-47-43(55)59-37-41(53)39-61-45(57)49-31-27-35-71(7,8)63-73(11,12)65-75(15,16)67-77(19,20)69-79(23,24)70-78(21,22)68-76(17,18)66-74(13,14)64-72(9,10)36-28-32-50-46(58)62-40-42(54)38-60-44(56)48-30-26-34-52(4,5)6/h41-42,53-54H,25-40H2,1-24H3,(H2-2,47,48,49,50,55,56,57,58)/p+2. The highest BCUT2D eigenvalue weighted by atomic mass is 28.5. The maximum absolute atomic E-state index is 12.3. The first-order valence-corrected chi connectivity index (χ1v) is 53.6. The number of aliphatic hydroxyl groups excluding tert-OH is 2. The number of nitrogens with zero attached hydrogens (tertiary/aromatic N) is 2. The fourth-order valence-corrected chi connectivity index (χ4v) is 54.7. The van der Waals surface area contributed by atoms with Gasteiger partial charge in [-0.05, 0) is 143 Å². The van der Waals surface area contributed by atoms with Gasteiger partial charge in [0.2, 0.25) is 0 Å². The van der Waals surface area contributed by atoms with Crippen molar-refractivity contribution in [3.8, 4) is 0 Å². The van der Waals surface area contributed by atoms with Crippen molar-refractivity contribution < 1.29 is 90.2 Å². The second-order valence-electron chi connectivity index (χ2n) is 26.5. The van der Waals surface area contributed by atoms with Crippen molar-refractivity contribution in [2.75, 3.05) is 108 Å². The highest BCUT2D eigenvalue weighted by Gasteiger charge is 2.50.